The van der Waals surface area contributed by atoms with E-state index in [0.717, 1.165) is 30.6 Å². The maximum atomic E-state index is 12.2. The number of carbonyl (C=O) groups is 1. The molecule has 0 aliphatic rings. The fourth-order valence-electron chi connectivity index (χ4n) is 5.61. The normalized spacial score (nSPS) is 15.4. The lowest BCUT2D eigenvalue weighted by Crippen LogP contribution is -2.33. The van der Waals surface area contributed by atoms with Crippen molar-refractivity contribution in [2.24, 2.45) is 17.8 Å². The molecule has 0 heterocycles. The van der Waals surface area contributed by atoms with Crippen LogP contribution in [-0.4, -0.2) is 18.5 Å². The first-order chi connectivity index (χ1) is 20.3. The van der Waals surface area contributed by atoms with Crippen LogP contribution in [0.4, 0.5) is 0 Å². The Morgan fingerprint density at radius 1 is 0.558 bits per heavy atom. The van der Waals surface area contributed by atoms with Gasteiger partial charge in [0.15, 0.2) is 5.78 Å². The Bertz CT molecular complexity index is 849. The molecule has 0 aromatic rings. The molecule has 2 heteroatoms. The molecule has 0 fully saturated rings. The summed E-state index contributed by atoms with van der Waals surface area (Å²) in [5, 5.41) is 0. The molecule has 0 spiro atoms. The third-order valence-corrected chi connectivity index (χ3v) is 9.39. The highest BCUT2D eigenvalue weighted by Gasteiger charge is 2.25. The summed E-state index contributed by atoms with van der Waals surface area (Å²) in [7, 11) is 1.61. The Morgan fingerprint density at radius 3 is 1.51 bits per heavy atom. The molecule has 0 rings (SSSR count). The lowest BCUT2D eigenvalue weighted by molar-refractivity contribution is -0.137. The van der Waals surface area contributed by atoms with E-state index in [1.807, 2.05) is 13.8 Å². The Hall–Kier alpha value is -1.41. The van der Waals surface area contributed by atoms with Crippen LogP contribution in [0.5, 0.6) is 0 Å². The largest absolute Gasteiger partial charge is 0.371 e. The second-order valence-electron chi connectivity index (χ2n) is 14.8. The van der Waals surface area contributed by atoms with E-state index >= 15 is 0 Å². The van der Waals surface area contributed by atoms with Crippen molar-refractivity contribution < 1.29 is 9.53 Å². The summed E-state index contributed by atoms with van der Waals surface area (Å²) in [4.78, 5) is 12.2. The van der Waals surface area contributed by atoms with Crippen LogP contribution in [0.3, 0.4) is 0 Å². The summed E-state index contributed by atoms with van der Waals surface area (Å²) < 4.78 is 5.31. The van der Waals surface area contributed by atoms with E-state index in [2.05, 4.69) is 79.7 Å². The number of unbranched alkanes of at least 4 members (excludes halogenated alkanes) is 1. The molecule has 0 amide bonds. The average molecular weight is 599 g/mol. The first-order valence-corrected chi connectivity index (χ1v) is 17.9. The van der Waals surface area contributed by atoms with Gasteiger partial charge in [-0.05, 0) is 137 Å². The number of methoxy groups -OCH3 is 1. The topological polar surface area (TPSA) is 26.3 Å². The molecule has 250 valence electrons. The SMILES string of the molecule is COC(C)(C)C(=O)CC/C(C)=C/CCC(C)CCCC(C)CCCC/C(C)=C/CC[C@H](C)CC/C=C(/C)CCC=C(C)C. The van der Waals surface area contributed by atoms with Crippen LogP contribution in [0.2, 0.25) is 0 Å². The molecule has 0 radical (unpaired) electrons. The van der Waals surface area contributed by atoms with E-state index < -0.39 is 5.60 Å². The van der Waals surface area contributed by atoms with Crippen LogP contribution in [0, 0.1) is 17.8 Å². The minimum atomic E-state index is -0.664. The third-order valence-electron chi connectivity index (χ3n) is 9.39. The van der Waals surface area contributed by atoms with Crippen LogP contribution in [-0.2, 0) is 9.53 Å². The standard InChI is InChI=1S/C41H74O2/c1-33(2)19-14-22-36(5)25-17-28-37(6)26-15-23-34(3)20-12-13-21-35(4)24-16-27-38(7)29-18-30-39(8)31-32-40(42)41(9,10)43-11/h19,23,25,30,35,37-38H,12-18,20-22,24,26-29,31-32H2,1-11H3/b34-23+,36-25-,39-30+/t35?,37-,38?/m0/s1. The van der Waals surface area contributed by atoms with E-state index in [1.54, 1.807) is 18.3 Å². The summed E-state index contributed by atoms with van der Waals surface area (Å²) >= 11 is 0. The van der Waals surface area contributed by atoms with Crippen LogP contribution < -0.4 is 0 Å². The monoisotopic (exact) mass is 599 g/mol. The predicted molar refractivity (Wildman–Crippen MR) is 193 cm³/mol. The van der Waals surface area contributed by atoms with Gasteiger partial charge in [0.05, 0.1) is 0 Å². The molecular formula is C41H74O2. The van der Waals surface area contributed by atoms with Gasteiger partial charge in [-0.25, -0.2) is 0 Å². The van der Waals surface area contributed by atoms with Crippen LogP contribution in [0.25, 0.3) is 0 Å². The van der Waals surface area contributed by atoms with Crippen LogP contribution in [0.1, 0.15) is 178 Å². The van der Waals surface area contributed by atoms with Gasteiger partial charge in [0.2, 0.25) is 0 Å². The zero-order chi connectivity index (χ0) is 32.7. The predicted octanol–water partition coefficient (Wildman–Crippen LogP) is 13.3. The maximum absolute atomic E-state index is 12.2. The minimum absolute atomic E-state index is 0.188. The summed E-state index contributed by atoms with van der Waals surface area (Å²) in [6.07, 6.45) is 30.4. The average Bonchev–Trinajstić information content (AvgIpc) is 2.93. The van der Waals surface area contributed by atoms with Crippen molar-refractivity contribution in [2.45, 2.75) is 184 Å². The van der Waals surface area contributed by atoms with Gasteiger partial charge in [-0.15, -0.1) is 0 Å². The smallest absolute Gasteiger partial charge is 0.164 e. The highest BCUT2D eigenvalue weighted by atomic mass is 16.5. The molecule has 0 aliphatic carbocycles. The lowest BCUT2D eigenvalue weighted by Gasteiger charge is -2.21. The molecule has 0 bridgehead atoms. The van der Waals surface area contributed by atoms with Crippen LogP contribution >= 0.6 is 0 Å². The molecule has 0 aromatic carbocycles. The van der Waals surface area contributed by atoms with Gasteiger partial charge in [-0.3, -0.25) is 4.79 Å². The number of hydrogen-bond donors (Lipinski definition) is 0. The number of ketones is 1. The third kappa shape index (κ3) is 24.6. The van der Waals surface area contributed by atoms with Gasteiger partial charge < -0.3 is 4.74 Å². The highest BCUT2D eigenvalue weighted by Crippen LogP contribution is 2.23. The van der Waals surface area contributed by atoms with Crippen molar-refractivity contribution in [1.82, 2.24) is 0 Å². The van der Waals surface area contributed by atoms with Crippen LogP contribution in [0.15, 0.2) is 46.6 Å². The second-order valence-corrected chi connectivity index (χ2v) is 14.8. The molecule has 2 unspecified atom stereocenters. The fraction of sp³-hybridized carbons (Fsp3) is 0.780. The molecule has 2 nitrogen and oxygen atoms in total. The van der Waals surface area contributed by atoms with Gasteiger partial charge in [-0.1, -0.05) is 99.5 Å². The Labute approximate surface area is 270 Å². The van der Waals surface area contributed by atoms with Crippen molar-refractivity contribution in [3.05, 3.63) is 46.6 Å². The molecule has 0 N–H and O–H groups in total. The van der Waals surface area contributed by atoms with Crippen molar-refractivity contribution in [3.8, 4) is 0 Å². The Kier molecular flexibility index (Phi) is 24.0. The molecule has 0 saturated carbocycles. The van der Waals surface area contributed by atoms with Crippen molar-refractivity contribution in [2.75, 3.05) is 7.11 Å². The van der Waals surface area contributed by atoms with E-state index in [4.69, 9.17) is 4.74 Å². The van der Waals surface area contributed by atoms with Gasteiger partial charge >= 0.3 is 0 Å². The van der Waals surface area contributed by atoms with E-state index in [0.29, 0.717) is 6.42 Å². The maximum Gasteiger partial charge on any atom is 0.164 e. The number of ether oxygens (including phenoxy) is 1. The van der Waals surface area contributed by atoms with Gasteiger partial charge in [0.1, 0.15) is 5.60 Å². The number of Topliss-reactive ketones (excluding diaryl/α,β-unsaturated/α-hetero) is 1. The Balaban J connectivity index is 3.93. The number of hydrogen-bond acceptors (Lipinski definition) is 2. The van der Waals surface area contributed by atoms with E-state index in [9.17, 15) is 4.79 Å². The summed E-state index contributed by atoms with van der Waals surface area (Å²) in [5.74, 6) is 2.62. The molecule has 0 aromatic heterocycles. The first-order valence-electron chi connectivity index (χ1n) is 17.9. The van der Waals surface area contributed by atoms with Gasteiger partial charge in [0.25, 0.3) is 0 Å². The highest BCUT2D eigenvalue weighted by molar-refractivity contribution is 5.86. The zero-order valence-electron chi connectivity index (χ0n) is 30.9. The first kappa shape index (κ1) is 41.6. The molecule has 43 heavy (non-hydrogen) atoms. The number of rotatable bonds is 26. The molecular weight excluding hydrogens is 524 g/mol. The summed E-state index contributed by atoms with van der Waals surface area (Å²) in [6.45, 7) is 22.2. The van der Waals surface area contributed by atoms with Gasteiger partial charge in [0, 0.05) is 13.5 Å². The summed E-state index contributed by atoms with van der Waals surface area (Å²) in [6, 6.07) is 0. The van der Waals surface area contributed by atoms with Crippen molar-refractivity contribution >= 4 is 5.78 Å². The van der Waals surface area contributed by atoms with E-state index in [1.165, 1.54) is 101 Å². The summed E-state index contributed by atoms with van der Waals surface area (Å²) in [5.41, 5.74) is 5.24. The Morgan fingerprint density at radius 2 is 1.00 bits per heavy atom. The van der Waals surface area contributed by atoms with Crippen molar-refractivity contribution in [3.63, 3.8) is 0 Å². The van der Waals surface area contributed by atoms with Gasteiger partial charge in [-0.2, -0.15) is 0 Å². The number of carbonyl (C=O) groups excluding carboxylic acids is 1. The zero-order valence-corrected chi connectivity index (χ0v) is 30.9. The van der Waals surface area contributed by atoms with Crippen molar-refractivity contribution in [1.29, 1.82) is 0 Å². The minimum Gasteiger partial charge on any atom is -0.371 e. The quantitative estimate of drug-likeness (QED) is 0.0731. The molecule has 0 aliphatic heterocycles. The van der Waals surface area contributed by atoms with E-state index in [-0.39, 0.29) is 5.78 Å². The lowest BCUT2D eigenvalue weighted by atomic mass is 9.92. The molecule has 3 atom stereocenters. The molecule has 0 saturated heterocycles. The number of allylic oxidation sites excluding steroid dienone is 8. The fourth-order valence-corrected chi connectivity index (χ4v) is 5.61. The second kappa shape index (κ2) is 24.9.